The highest BCUT2D eigenvalue weighted by atomic mass is 79.9. The first-order valence-corrected chi connectivity index (χ1v) is 6.86. The van der Waals surface area contributed by atoms with Gasteiger partial charge in [-0.15, -0.1) is 0 Å². The van der Waals surface area contributed by atoms with Crippen molar-refractivity contribution >= 4 is 39.1 Å². The zero-order valence-electron chi connectivity index (χ0n) is 10.6. The van der Waals surface area contributed by atoms with E-state index in [4.69, 9.17) is 27.2 Å². The summed E-state index contributed by atoms with van der Waals surface area (Å²) in [6.45, 7) is 0.866. The highest BCUT2D eigenvalue weighted by Crippen LogP contribution is 2.33. The van der Waals surface area contributed by atoms with Crippen LogP contribution in [-0.4, -0.2) is 35.0 Å². The van der Waals surface area contributed by atoms with Crippen LogP contribution < -0.4 is 5.73 Å². The van der Waals surface area contributed by atoms with Gasteiger partial charge in [0.05, 0.1) is 4.92 Å². The molecule has 0 radical (unpaired) electrons. The van der Waals surface area contributed by atoms with Crippen molar-refractivity contribution in [3.05, 3.63) is 32.8 Å². The molecule has 0 aliphatic heterocycles. The monoisotopic (exact) mass is 368 g/mol. The van der Waals surface area contributed by atoms with Crippen molar-refractivity contribution in [3.63, 3.8) is 0 Å². The Morgan fingerprint density at radius 2 is 2.20 bits per heavy atom. The number of nitro groups is 1. The Balaban J connectivity index is 0.000000511. The van der Waals surface area contributed by atoms with Crippen molar-refractivity contribution in [1.82, 2.24) is 0 Å². The molecule has 0 aromatic heterocycles. The molecule has 112 valence electrons. The van der Waals surface area contributed by atoms with Gasteiger partial charge in [0.25, 0.3) is 5.69 Å². The second kappa shape index (κ2) is 9.51. The van der Waals surface area contributed by atoms with Crippen molar-refractivity contribution in [1.29, 1.82) is 0 Å². The van der Waals surface area contributed by atoms with Crippen LogP contribution in [0.4, 0.5) is 5.69 Å². The van der Waals surface area contributed by atoms with E-state index in [-0.39, 0.29) is 5.56 Å². The molecule has 7 nitrogen and oxygen atoms in total. The van der Waals surface area contributed by atoms with Gasteiger partial charge in [-0.05, 0) is 12.5 Å². The second-order valence-corrected chi connectivity index (χ2v) is 4.66. The molecular formula is C11H14BrClN2O5. The molecule has 0 spiro atoms. The van der Waals surface area contributed by atoms with Gasteiger partial charge in [-0.1, -0.05) is 27.5 Å². The molecule has 3 N–H and O–H groups in total. The van der Waals surface area contributed by atoms with Gasteiger partial charge < -0.3 is 15.6 Å². The van der Waals surface area contributed by atoms with Crippen molar-refractivity contribution in [2.24, 2.45) is 5.73 Å². The van der Waals surface area contributed by atoms with E-state index in [1.807, 2.05) is 0 Å². The zero-order chi connectivity index (χ0) is 15.7. The fraction of sp³-hybridized carbons (Fsp3) is 0.364. The number of alkyl halides is 1. The summed E-state index contributed by atoms with van der Waals surface area (Å²) in [5.74, 6) is -1.42. The summed E-state index contributed by atoms with van der Waals surface area (Å²) < 4.78 is 4.75. The van der Waals surface area contributed by atoms with Crippen LogP contribution in [0.3, 0.4) is 0 Å². The molecule has 1 aromatic carbocycles. The lowest BCUT2D eigenvalue weighted by Gasteiger charge is -2.00. The molecule has 9 heteroatoms. The van der Waals surface area contributed by atoms with Crippen molar-refractivity contribution < 1.29 is 19.6 Å². The maximum atomic E-state index is 10.7. The molecule has 0 fully saturated rings. The molecule has 0 aliphatic carbocycles. The largest absolute Gasteiger partial charge is 0.506 e. The third-order valence-corrected chi connectivity index (χ3v) is 2.95. The minimum Gasteiger partial charge on any atom is -0.506 e. The number of amides is 1. The molecule has 1 aromatic rings. The number of primary amides is 1. The van der Waals surface area contributed by atoms with Crippen LogP contribution in [0.15, 0.2) is 12.1 Å². The topological polar surface area (TPSA) is 116 Å². The Kier molecular flexibility index (Phi) is 8.86. The Labute approximate surface area is 128 Å². The number of carbonyl (C=O) groups is 1. The van der Waals surface area contributed by atoms with Gasteiger partial charge in [0.15, 0.2) is 5.02 Å². The summed E-state index contributed by atoms with van der Waals surface area (Å²) in [5.41, 5.74) is 4.16. The number of nitro benzene ring substituents is 1. The number of nitrogens with zero attached hydrogens (tertiary/aromatic N) is 1. The van der Waals surface area contributed by atoms with E-state index in [9.17, 15) is 14.9 Å². The Hall–Kier alpha value is -1.38. The summed E-state index contributed by atoms with van der Waals surface area (Å²) >= 11 is 8.69. The molecule has 1 amide bonds. The van der Waals surface area contributed by atoms with Crippen LogP contribution in [0, 0.1) is 10.1 Å². The highest BCUT2D eigenvalue weighted by Gasteiger charge is 2.19. The lowest BCUT2D eigenvalue weighted by atomic mass is 10.2. The zero-order valence-corrected chi connectivity index (χ0v) is 13.0. The number of carbonyl (C=O) groups excluding carboxylic acids is 1. The first kappa shape index (κ1) is 18.6. The van der Waals surface area contributed by atoms with Gasteiger partial charge in [-0.2, -0.15) is 0 Å². The van der Waals surface area contributed by atoms with E-state index in [1.54, 1.807) is 7.11 Å². The quantitative estimate of drug-likeness (QED) is 0.358. The summed E-state index contributed by atoms with van der Waals surface area (Å²) in [6, 6.07) is 1.88. The van der Waals surface area contributed by atoms with Crippen LogP contribution in [0.1, 0.15) is 16.8 Å². The third kappa shape index (κ3) is 6.18. The molecule has 0 atom stereocenters. The Morgan fingerprint density at radius 1 is 1.60 bits per heavy atom. The summed E-state index contributed by atoms with van der Waals surface area (Å²) in [6.07, 6.45) is 1.11. The van der Waals surface area contributed by atoms with Gasteiger partial charge in [0.2, 0.25) is 5.91 Å². The van der Waals surface area contributed by atoms with Crippen molar-refractivity contribution in [2.75, 3.05) is 19.0 Å². The van der Waals surface area contributed by atoms with E-state index < -0.39 is 27.3 Å². The lowest BCUT2D eigenvalue weighted by Crippen LogP contribution is -2.11. The number of ether oxygens (including phenoxy) is 1. The Bertz CT molecular complexity index is 480. The number of hydrogen-bond donors (Lipinski definition) is 2. The minimum absolute atomic E-state index is 0.168. The normalized spacial score (nSPS) is 9.55. The average Bonchev–Trinajstić information content (AvgIpc) is 2.39. The van der Waals surface area contributed by atoms with Gasteiger partial charge in [-0.3, -0.25) is 14.9 Å². The number of halogens is 2. The van der Waals surface area contributed by atoms with Gasteiger partial charge >= 0.3 is 0 Å². The molecule has 0 saturated carbocycles. The van der Waals surface area contributed by atoms with Crippen LogP contribution >= 0.6 is 27.5 Å². The van der Waals surface area contributed by atoms with Crippen LogP contribution in [-0.2, 0) is 4.74 Å². The van der Waals surface area contributed by atoms with Crippen LogP contribution in [0.25, 0.3) is 0 Å². The summed E-state index contributed by atoms with van der Waals surface area (Å²) in [5, 5.41) is 20.2. The number of phenolic OH excluding ortho intramolecular Hbond substituents is 1. The van der Waals surface area contributed by atoms with E-state index >= 15 is 0 Å². The fourth-order valence-electron chi connectivity index (χ4n) is 1.07. The molecule has 20 heavy (non-hydrogen) atoms. The first-order chi connectivity index (χ1) is 9.34. The SMILES string of the molecule is COCCCBr.NC(=O)c1cc(O)c(Cl)c([N+](=O)[O-])c1. The number of hydrogen-bond acceptors (Lipinski definition) is 5. The summed E-state index contributed by atoms with van der Waals surface area (Å²) in [4.78, 5) is 20.3. The smallest absolute Gasteiger partial charge is 0.292 e. The number of rotatable bonds is 5. The lowest BCUT2D eigenvalue weighted by molar-refractivity contribution is -0.384. The van der Waals surface area contributed by atoms with E-state index in [0.29, 0.717) is 0 Å². The molecule has 0 unspecified atom stereocenters. The predicted molar refractivity (Wildman–Crippen MR) is 78.6 cm³/mol. The Morgan fingerprint density at radius 3 is 2.55 bits per heavy atom. The van der Waals surface area contributed by atoms with E-state index in [0.717, 1.165) is 30.5 Å². The fourth-order valence-corrected chi connectivity index (χ4v) is 1.48. The minimum atomic E-state index is -0.875. The first-order valence-electron chi connectivity index (χ1n) is 5.36. The standard InChI is InChI=1S/C7H5ClN2O4.C4H9BrO/c8-6-4(10(13)14)1-3(7(9)12)2-5(6)11;1-6-4-2-3-5/h1-2,11H,(H2,9,12);2-4H2,1H3. The molecule has 0 bridgehead atoms. The molecular weight excluding hydrogens is 355 g/mol. The van der Waals surface area contributed by atoms with Crippen LogP contribution in [0.5, 0.6) is 5.75 Å². The maximum absolute atomic E-state index is 10.7. The van der Waals surface area contributed by atoms with Crippen LogP contribution in [0.2, 0.25) is 5.02 Å². The molecule has 0 saturated heterocycles. The predicted octanol–water partition coefficient (Wildman–Crippen LogP) is 2.47. The maximum Gasteiger partial charge on any atom is 0.292 e. The van der Waals surface area contributed by atoms with E-state index in [1.165, 1.54) is 0 Å². The third-order valence-electron chi connectivity index (χ3n) is 2.00. The highest BCUT2D eigenvalue weighted by molar-refractivity contribution is 9.09. The van der Waals surface area contributed by atoms with Crippen molar-refractivity contribution in [2.45, 2.75) is 6.42 Å². The molecule has 0 heterocycles. The van der Waals surface area contributed by atoms with E-state index in [2.05, 4.69) is 15.9 Å². The number of nitrogens with two attached hydrogens (primary N) is 1. The number of methoxy groups -OCH3 is 1. The average molecular weight is 370 g/mol. The number of phenols is 1. The molecule has 1 rings (SSSR count). The summed E-state index contributed by atoms with van der Waals surface area (Å²) in [7, 11) is 1.71. The van der Waals surface area contributed by atoms with Gasteiger partial charge in [-0.25, -0.2) is 0 Å². The van der Waals surface area contributed by atoms with Crippen molar-refractivity contribution in [3.8, 4) is 5.75 Å². The second-order valence-electron chi connectivity index (χ2n) is 3.49. The van der Waals surface area contributed by atoms with Gasteiger partial charge in [0, 0.05) is 30.7 Å². The van der Waals surface area contributed by atoms with Gasteiger partial charge in [0.1, 0.15) is 5.75 Å². The number of benzene rings is 1. The number of aromatic hydroxyl groups is 1. The molecule has 0 aliphatic rings.